The van der Waals surface area contributed by atoms with Gasteiger partial charge in [-0.1, -0.05) is 6.07 Å². The Labute approximate surface area is 180 Å². The van der Waals surface area contributed by atoms with Crippen molar-refractivity contribution in [3.8, 4) is 0 Å². The summed E-state index contributed by atoms with van der Waals surface area (Å²) in [6, 6.07) is 10.3. The Kier molecular flexibility index (Phi) is 5.18. The maximum atomic E-state index is 12.6. The van der Waals surface area contributed by atoms with E-state index >= 15 is 0 Å². The first kappa shape index (κ1) is 19.1. The van der Waals surface area contributed by atoms with Gasteiger partial charge in [-0.15, -0.1) is 11.8 Å². The van der Waals surface area contributed by atoms with Crippen molar-refractivity contribution in [1.29, 1.82) is 0 Å². The van der Waals surface area contributed by atoms with Crippen molar-refractivity contribution in [1.82, 2.24) is 24.6 Å². The SMILES string of the molecule is CN1CCN(C(=O)Cn2cc3cc(N4C=CSC4c4cccnc4)ccc3n2)CC1. The van der Waals surface area contributed by atoms with Gasteiger partial charge in [0.1, 0.15) is 11.9 Å². The van der Waals surface area contributed by atoms with Gasteiger partial charge in [-0.3, -0.25) is 14.5 Å². The number of thioether (sulfide) groups is 1. The fraction of sp³-hybridized carbons (Fsp3) is 0.318. The minimum absolute atomic E-state index is 0.131. The Balaban J connectivity index is 1.34. The normalized spacial score (nSPS) is 19.7. The Morgan fingerprint density at radius 1 is 1.20 bits per heavy atom. The molecule has 5 rings (SSSR count). The molecule has 2 aliphatic rings. The molecule has 7 nitrogen and oxygen atoms in total. The molecule has 0 spiro atoms. The molecule has 1 saturated heterocycles. The van der Waals surface area contributed by atoms with E-state index in [0.717, 1.165) is 42.8 Å². The quantitative estimate of drug-likeness (QED) is 0.647. The van der Waals surface area contributed by atoms with Gasteiger partial charge in [0, 0.05) is 67.6 Å². The van der Waals surface area contributed by atoms with Crippen LogP contribution in [0, 0.1) is 0 Å². The highest BCUT2D eigenvalue weighted by molar-refractivity contribution is 8.02. The second-order valence-electron chi connectivity index (χ2n) is 7.72. The number of carbonyl (C=O) groups is 1. The van der Waals surface area contributed by atoms with Crippen molar-refractivity contribution in [2.45, 2.75) is 11.9 Å². The smallest absolute Gasteiger partial charge is 0.244 e. The van der Waals surface area contributed by atoms with Crippen LogP contribution in [0.2, 0.25) is 0 Å². The van der Waals surface area contributed by atoms with Crippen molar-refractivity contribution in [3.05, 3.63) is 66.1 Å². The summed E-state index contributed by atoms with van der Waals surface area (Å²) in [6.07, 6.45) is 7.78. The third-order valence-electron chi connectivity index (χ3n) is 5.64. The molecule has 0 radical (unpaired) electrons. The van der Waals surface area contributed by atoms with E-state index in [4.69, 9.17) is 0 Å². The lowest BCUT2D eigenvalue weighted by molar-refractivity contribution is -0.133. The number of piperazine rings is 1. The van der Waals surface area contributed by atoms with Crippen LogP contribution in [0.5, 0.6) is 0 Å². The third kappa shape index (κ3) is 3.80. The molecule has 1 amide bonds. The first-order chi connectivity index (χ1) is 14.7. The number of nitrogens with zero attached hydrogens (tertiary/aromatic N) is 6. The van der Waals surface area contributed by atoms with E-state index in [0.29, 0.717) is 0 Å². The highest BCUT2D eigenvalue weighted by Crippen LogP contribution is 2.42. The van der Waals surface area contributed by atoms with Crippen LogP contribution in [0.3, 0.4) is 0 Å². The van der Waals surface area contributed by atoms with E-state index < -0.39 is 0 Å². The Morgan fingerprint density at radius 3 is 2.87 bits per heavy atom. The van der Waals surface area contributed by atoms with Crippen LogP contribution in [-0.2, 0) is 11.3 Å². The second-order valence-corrected chi connectivity index (χ2v) is 8.71. The molecule has 2 aromatic heterocycles. The van der Waals surface area contributed by atoms with E-state index in [-0.39, 0.29) is 17.8 Å². The number of anilines is 1. The molecule has 4 heterocycles. The number of likely N-dealkylation sites (N-methyl/N-ethyl adjacent to an activating group) is 1. The van der Waals surface area contributed by atoms with Gasteiger partial charge in [0.25, 0.3) is 0 Å². The number of aromatic nitrogens is 3. The Bertz CT molecular complexity index is 1070. The lowest BCUT2D eigenvalue weighted by Gasteiger charge is -2.32. The van der Waals surface area contributed by atoms with Crippen molar-refractivity contribution in [2.24, 2.45) is 0 Å². The molecule has 1 aromatic carbocycles. The molecule has 1 atom stereocenters. The lowest BCUT2D eigenvalue weighted by Crippen LogP contribution is -2.48. The number of pyridine rings is 1. The topological polar surface area (TPSA) is 57.5 Å². The molecule has 1 unspecified atom stereocenters. The number of fused-ring (bicyclic) bond motifs is 1. The molecule has 0 N–H and O–H groups in total. The van der Waals surface area contributed by atoms with Gasteiger partial charge in [-0.05, 0) is 36.7 Å². The van der Waals surface area contributed by atoms with Crippen LogP contribution in [0.4, 0.5) is 5.69 Å². The molecule has 0 saturated carbocycles. The molecular weight excluding hydrogens is 396 g/mol. The van der Waals surface area contributed by atoms with Crippen LogP contribution >= 0.6 is 11.8 Å². The molecule has 1 fully saturated rings. The molecule has 0 bridgehead atoms. The van der Waals surface area contributed by atoms with E-state index in [1.807, 2.05) is 29.4 Å². The fourth-order valence-corrected chi connectivity index (χ4v) is 4.87. The van der Waals surface area contributed by atoms with Crippen LogP contribution < -0.4 is 4.90 Å². The Morgan fingerprint density at radius 2 is 2.07 bits per heavy atom. The highest BCUT2D eigenvalue weighted by atomic mass is 32.2. The zero-order valence-electron chi connectivity index (χ0n) is 16.9. The average Bonchev–Trinajstić information content (AvgIpc) is 3.41. The minimum atomic E-state index is 0.131. The van der Waals surface area contributed by atoms with Gasteiger partial charge in [0.05, 0.1) is 5.52 Å². The van der Waals surface area contributed by atoms with Gasteiger partial charge >= 0.3 is 0 Å². The van der Waals surface area contributed by atoms with Gasteiger partial charge in [0.2, 0.25) is 5.91 Å². The number of hydrogen-bond donors (Lipinski definition) is 0. The molecule has 3 aromatic rings. The summed E-state index contributed by atoms with van der Waals surface area (Å²) in [6.45, 7) is 3.71. The van der Waals surface area contributed by atoms with Crippen molar-refractivity contribution < 1.29 is 4.79 Å². The highest BCUT2D eigenvalue weighted by Gasteiger charge is 2.24. The predicted molar refractivity (Wildman–Crippen MR) is 120 cm³/mol. The third-order valence-corrected chi connectivity index (χ3v) is 6.67. The number of hydrogen-bond acceptors (Lipinski definition) is 6. The number of rotatable bonds is 4. The lowest BCUT2D eigenvalue weighted by atomic mass is 10.2. The van der Waals surface area contributed by atoms with E-state index in [1.54, 1.807) is 22.6 Å². The molecular formula is C22H24N6OS. The number of benzene rings is 1. The maximum Gasteiger partial charge on any atom is 0.244 e. The van der Waals surface area contributed by atoms with Gasteiger partial charge < -0.3 is 14.7 Å². The van der Waals surface area contributed by atoms with Crippen LogP contribution in [0.25, 0.3) is 10.9 Å². The van der Waals surface area contributed by atoms with Gasteiger partial charge in [-0.2, -0.15) is 5.10 Å². The molecule has 30 heavy (non-hydrogen) atoms. The van der Waals surface area contributed by atoms with Crippen LogP contribution in [0.1, 0.15) is 10.9 Å². The van der Waals surface area contributed by atoms with Gasteiger partial charge in [-0.25, -0.2) is 0 Å². The van der Waals surface area contributed by atoms with Crippen LogP contribution in [0.15, 0.2) is 60.5 Å². The fourth-order valence-electron chi connectivity index (χ4n) is 3.90. The van der Waals surface area contributed by atoms with Crippen molar-refractivity contribution >= 4 is 34.3 Å². The summed E-state index contributed by atoms with van der Waals surface area (Å²) < 4.78 is 1.77. The minimum Gasteiger partial charge on any atom is -0.339 e. The first-order valence-corrected chi connectivity index (χ1v) is 11.1. The number of amides is 1. The zero-order chi connectivity index (χ0) is 20.5. The monoisotopic (exact) mass is 420 g/mol. The second kappa shape index (κ2) is 8.12. The molecule has 8 heteroatoms. The summed E-state index contributed by atoms with van der Waals surface area (Å²) >= 11 is 1.76. The molecule has 2 aliphatic heterocycles. The Hall–Kier alpha value is -2.84. The zero-order valence-corrected chi connectivity index (χ0v) is 17.7. The average molecular weight is 421 g/mol. The van der Waals surface area contributed by atoms with Crippen molar-refractivity contribution in [2.75, 3.05) is 38.1 Å². The van der Waals surface area contributed by atoms with E-state index in [1.165, 1.54) is 5.56 Å². The molecule has 154 valence electrons. The summed E-state index contributed by atoms with van der Waals surface area (Å²) in [5.74, 6) is 0.131. The summed E-state index contributed by atoms with van der Waals surface area (Å²) in [7, 11) is 2.09. The standard InChI is InChI=1S/C22H24N6OS/c1-25-7-9-26(10-8-25)21(29)16-27-15-18-13-19(4-5-20(18)24-27)28-11-12-30-22(28)17-3-2-6-23-14-17/h2-6,11-15,22H,7-10,16H2,1H3. The van der Waals surface area contributed by atoms with Crippen molar-refractivity contribution in [3.63, 3.8) is 0 Å². The summed E-state index contributed by atoms with van der Waals surface area (Å²) in [5, 5.41) is 7.93. The summed E-state index contributed by atoms with van der Waals surface area (Å²) in [5.41, 5.74) is 3.17. The summed E-state index contributed by atoms with van der Waals surface area (Å²) in [4.78, 5) is 23.3. The largest absolute Gasteiger partial charge is 0.339 e. The number of carbonyl (C=O) groups excluding carboxylic acids is 1. The molecule has 0 aliphatic carbocycles. The predicted octanol–water partition coefficient (Wildman–Crippen LogP) is 2.93. The first-order valence-electron chi connectivity index (χ1n) is 10.1. The van der Waals surface area contributed by atoms with Gasteiger partial charge in [0.15, 0.2) is 0 Å². The maximum absolute atomic E-state index is 12.6. The van der Waals surface area contributed by atoms with E-state index in [2.05, 4.69) is 56.7 Å². The van der Waals surface area contributed by atoms with Crippen LogP contribution in [-0.4, -0.2) is 63.7 Å². The van der Waals surface area contributed by atoms with E-state index in [9.17, 15) is 4.79 Å².